The SMILES string of the molecule is Cc1ccc(N(C(C)C(=O)Nc2ccc(I)cc2C)S(C)(=O)=O)cc1. The molecule has 0 bridgehead atoms. The summed E-state index contributed by atoms with van der Waals surface area (Å²) >= 11 is 2.20. The number of hydrogen-bond donors (Lipinski definition) is 1. The maximum Gasteiger partial charge on any atom is 0.248 e. The second-order valence-corrected chi connectivity index (χ2v) is 9.12. The van der Waals surface area contributed by atoms with Gasteiger partial charge in [0.25, 0.3) is 0 Å². The lowest BCUT2D eigenvalue weighted by Gasteiger charge is -2.28. The largest absolute Gasteiger partial charge is 0.324 e. The third-order valence-corrected chi connectivity index (χ3v) is 5.74. The van der Waals surface area contributed by atoms with Crippen LogP contribution in [0.2, 0.25) is 0 Å². The molecule has 0 aliphatic carbocycles. The average Bonchev–Trinajstić information content (AvgIpc) is 2.50. The van der Waals surface area contributed by atoms with E-state index < -0.39 is 16.1 Å². The van der Waals surface area contributed by atoms with Crippen LogP contribution in [0.1, 0.15) is 18.1 Å². The van der Waals surface area contributed by atoms with E-state index in [4.69, 9.17) is 0 Å². The molecule has 2 aromatic rings. The van der Waals surface area contributed by atoms with E-state index in [2.05, 4.69) is 27.9 Å². The number of nitrogens with zero attached hydrogens (tertiary/aromatic N) is 1. The fourth-order valence-electron chi connectivity index (χ4n) is 2.50. The molecule has 2 rings (SSSR count). The Kier molecular flexibility index (Phi) is 6.10. The highest BCUT2D eigenvalue weighted by Gasteiger charge is 2.29. The molecule has 25 heavy (non-hydrogen) atoms. The van der Waals surface area contributed by atoms with Gasteiger partial charge in [0.2, 0.25) is 15.9 Å². The zero-order valence-corrected chi connectivity index (χ0v) is 17.6. The van der Waals surface area contributed by atoms with E-state index in [-0.39, 0.29) is 5.91 Å². The van der Waals surface area contributed by atoms with Crippen molar-refractivity contribution in [3.8, 4) is 0 Å². The standard InChI is InChI=1S/C18H21IN2O3S/c1-12-5-8-16(9-6-12)21(25(4,23)24)14(3)18(22)20-17-10-7-15(19)11-13(17)2/h5-11,14H,1-4H3,(H,20,22). The molecule has 0 saturated heterocycles. The van der Waals surface area contributed by atoms with Gasteiger partial charge in [0.1, 0.15) is 6.04 Å². The summed E-state index contributed by atoms with van der Waals surface area (Å²) in [6.45, 7) is 5.40. The molecule has 0 radical (unpaired) electrons. The summed E-state index contributed by atoms with van der Waals surface area (Å²) in [5.41, 5.74) is 3.09. The molecule has 134 valence electrons. The smallest absolute Gasteiger partial charge is 0.248 e. The first-order chi connectivity index (χ1) is 11.6. The number of hydrogen-bond acceptors (Lipinski definition) is 3. The molecule has 1 atom stereocenters. The Morgan fingerprint density at radius 3 is 2.24 bits per heavy atom. The Morgan fingerprint density at radius 2 is 1.72 bits per heavy atom. The number of aryl methyl sites for hydroxylation is 2. The van der Waals surface area contributed by atoms with Crippen LogP contribution in [0, 0.1) is 17.4 Å². The first kappa shape index (κ1) is 19.7. The van der Waals surface area contributed by atoms with Crippen LogP contribution >= 0.6 is 22.6 Å². The summed E-state index contributed by atoms with van der Waals surface area (Å²) in [5, 5.41) is 2.82. The number of carbonyl (C=O) groups is 1. The summed E-state index contributed by atoms with van der Waals surface area (Å²) in [7, 11) is -3.61. The van der Waals surface area contributed by atoms with E-state index in [1.165, 1.54) is 0 Å². The maximum atomic E-state index is 12.7. The first-order valence-electron chi connectivity index (χ1n) is 7.72. The minimum absolute atomic E-state index is 0.379. The lowest BCUT2D eigenvalue weighted by Crippen LogP contribution is -2.45. The van der Waals surface area contributed by atoms with Crippen molar-refractivity contribution in [3.63, 3.8) is 0 Å². The highest BCUT2D eigenvalue weighted by atomic mass is 127. The third-order valence-electron chi connectivity index (χ3n) is 3.82. The monoisotopic (exact) mass is 472 g/mol. The van der Waals surface area contributed by atoms with Crippen LogP contribution < -0.4 is 9.62 Å². The molecule has 2 aromatic carbocycles. The van der Waals surface area contributed by atoms with Gasteiger partial charge in [-0.1, -0.05) is 17.7 Å². The van der Waals surface area contributed by atoms with E-state index in [0.29, 0.717) is 11.4 Å². The van der Waals surface area contributed by atoms with Crippen LogP contribution in [-0.4, -0.2) is 26.6 Å². The number of benzene rings is 2. The molecule has 1 unspecified atom stereocenters. The van der Waals surface area contributed by atoms with E-state index >= 15 is 0 Å². The molecule has 0 aliphatic rings. The van der Waals surface area contributed by atoms with Crippen LogP contribution in [0.5, 0.6) is 0 Å². The number of carbonyl (C=O) groups excluding carboxylic acids is 1. The third kappa shape index (κ3) is 4.94. The molecule has 0 saturated carbocycles. The van der Waals surface area contributed by atoms with Gasteiger partial charge in [-0.3, -0.25) is 9.10 Å². The molecule has 0 heterocycles. The lowest BCUT2D eigenvalue weighted by atomic mass is 10.2. The highest BCUT2D eigenvalue weighted by Crippen LogP contribution is 2.23. The van der Waals surface area contributed by atoms with Crippen molar-refractivity contribution in [2.45, 2.75) is 26.8 Å². The van der Waals surface area contributed by atoms with Gasteiger partial charge in [-0.15, -0.1) is 0 Å². The van der Waals surface area contributed by atoms with Crippen molar-refractivity contribution in [1.82, 2.24) is 0 Å². The molecule has 1 N–H and O–H groups in total. The summed E-state index contributed by atoms with van der Waals surface area (Å²) in [4.78, 5) is 12.7. The Labute approximate surface area is 162 Å². The minimum atomic E-state index is -3.61. The van der Waals surface area contributed by atoms with E-state index in [1.54, 1.807) is 19.1 Å². The van der Waals surface area contributed by atoms with Crippen molar-refractivity contribution in [3.05, 3.63) is 57.2 Å². The predicted molar refractivity (Wildman–Crippen MR) is 110 cm³/mol. The number of anilines is 2. The predicted octanol–water partition coefficient (Wildman–Crippen LogP) is 3.70. The Balaban J connectivity index is 2.31. The van der Waals surface area contributed by atoms with Crippen molar-refractivity contribution >= 4 is 49.9 Å². The van der Waals surface area contributed by atoms with Gasteiger partial charge >= 0.3 is 0 Å². The molecule has 0 fully saturated rings. The van der Waals surface area contributed by atoms with Crippen LogP contribution in [0.25, 0.3) is 0 Å². The van der Waals surface area contributed by atoms with Crippen LogP contribution in [0.3, 0.4) is 0 Å². The van der Waals surface area contributed by atoms with Crippen molar-refractivity contribution < 1.29 is 13.2 Å². The first-order valence-corrected chi connectivity index (χ1v) is 10.7. The van der Waals surface area contributed by atoms with Crippen molar-refractivity contribution in [1.29, 1.82) is 0 Å². The Morgan fingerprint density at radius 1 is 1.12 bits per heavy atom. The van der Waals surface area contributed by atoms with Gasteiger partial charge in [-0.05, 0) is 79.3 Å². The van der Waals surface area contributed by atoms with Crippen LogP contribution in [0.15, 0.2) is 42.5 Å². The topological polar surface area (TPSA) is 66.5 Å². The van der Waals surface area contributed by atoms with Crippen molar-refractivity contribution in [2.24, 2.45) is 0 Å². The number of amides is 1. The molecule has 1 amide bonds. The highest BCUT2D eigenvalue weighted by molar-refractivity contribution is 14.1. The molecule has 0 aliphatic heterocycles. The molecule has 5 nitrogen and oxygen atoms in total. The van der Waals surface area contributed by atoms with Gasteiger partial charge in [0.15, 0.2) is 0 Å². The van der Waals surface area contributed by atoms with Gasteiger partial charge in [-0.25, -0.2) is 8.42 Å². The second kappa shape index (κ2) is 7.74. The quantitative estimate of drug-likeness (QED) is 0.676. The summed E-state index contributed by atoms with van der Waals surface area (Å²) in [6.07, 6.45) is 1.10. The van der Waals surface area contributed by atoms with Gasteiger partial charge in [-0.2, -0.15) is 0 Å². The van der Waals surface area contributed by atoms with E-state index in [9.17, 15) is 13.2 Å². The zero-order valence-electron chi connectivity index (χ0n) is 14.6. The van der Waals surface area contributed by atoms with Crippen LogP contribution in [0.4, 0.5) is 11.4 Å². The zero-order chi connectivity index (χ0) is 18.8. The number of sulfonamides is 1. The summed E-state index contributed by atoms with van der Waals surface area (Å²) < 4.78 is 26.8. The Bertz CT molecular complexity index is 880. The number of halogens is 1. The van der Waals surface area contributed by atoms with Crippen LogP contribution in [-0.2, 0) is 14.8 Å². The molecular weight excluding hydrogens is 451 g/mol. The maximum absolute atomic E-state index is 12.7. The van der Waals surface area contributed by atoms with Gasteiger partial charge in [0.05, 0.1) is 11.9 Å². The van der Waals surface area contributed by atoms with Crippen molar-refractivity contribution in [2.75, 3.05) is 15.9 Å². The number of rotatable bonds is 5. The average molecular weight is 472 g/mol. The lowest BCUT2D eigenvalue weighted by molar-refractivity contribution is -0.116. The second-order valence-electron chi connectivity index (χ2n) is 6.02. The van der Waals surface area contributed by atoms with E-state index in [1.807, 2.05) is 44.2 Å². The molecule has 0 spiro atoms. The Hall–Kier alpha value is -1.61. The van der Waals surface area contributed by atoms with Gasteiger partial charge in [0, 0.05) is 9.26 Å². The summed E-state index contributed by atoms with van der Waals surface area (Å²) in [5.74, 6) is -0.379. The molecule has 0 aromatic heterocycles. The fraction of sp³-hybridized carbons (Fsp3) is 0.278. The number of nitrogens with one attached hydrogen (secondary N) is 1. The normalized spacial score (nSPS) is 12.5. The van der Waals surface area contributed by atoms with E-state index in [0.717, 1.165) is 25.3 Å². The minimum Gasteiger partial charge on any atom is -0.324 e. The fourth-order valence-corrected chi connectivity index (χ4v) is 4.33. The molecule has 7 heteroatoms. The van der Waals surface area contributed by atoms with Gasteiger partial charge < -0.3 is 5.32 Å². The molecular formula is C18H21IN2O3S. The summed E-state index contributed by atoms with van der Waals surface area (Å²) in [6, 6.07) is 11.8.